The quantitative estimate of drug-likeness (QED) is 0.473. The number of ether oxygens (including phenoxy) is 1. The van der Waals surface area contributed by atoms with Gasteiger partial charge in [0.05, 0.1) is 17.4 Å². The number of nitrogens with one attached hydrogen (secondary N) is 1. The van der Waals surface area contributed by atoms with E-state index in [-0.39, 0.29) is 6.61 Å². The van der Waals surface area contributed by atoms with Gasteiger partial charge in [-0.3, -0.25) is 14.9 Å². The fraction of sp³-hybridized carbons (Fsp3) is 0.533. The minimum absolute atomic E-state index is 0.221. The summed E-state index contributed by atoms with van der Waals surface area (Å²) < 4.78 is 32.6. The molecule has 2 rings (SSSR count). The molecule has 0 spiro atoms. The molecule has 0 heterocycles. The second-order valence-corrected chi connectivity index (χ2v) is 7.28. The van der Waals surface area contributed by atoms with Gasteiger partial charge in [0.15, 0.2) is 4.90 Å². The Morgan fingerprint density at radius 2 is 2.00 bits per heavy atom. The molecule has 1 fully saturated rings. The van der Waals surface area contributed by atoms with Crippen molar-refractivity contribution in [2.75, 3.05) is 6.61 Å². The fourth-order valence-corrected chi connectivity index (χ4v) is 4.38. The molecule has 0 aliphatic heterocycles. The number of para-hydroxylation sites is 1. The third kappa shape index (κ3) is 4.09. The molecule has 1 aliphatic carbocycles. The van der Waals surface area contributed by atoms with Gasteiger partial charge in [0.25, 0.3) is 5.69 Å². The molecule has 1 N–H and O–H groups in total. The van der Waals surface area contributed by atoms with E-state index in [0.717, 1.165) is 18.9 Å². The summed E-state index contributed by atoms with van der Waals surface area (Å²) in [7, 11) is -4.12. The first-order valence-corrected chi connectivity index (χ1v) is 9.27. The van der Waals surface area contributed by atoms with Gasteiger partial charge in [-0.05, 0) is 25.8 Å². The predicted molar refractivity (Wildman–Crippen MR) is 85.8 cm³/mol. The van der Waals surface area contributed by atoms with E-state index in [9.17, 15) is 23.3 Å². The maximum absolute atomic E-state index is 12.6. The molecule has 0 amide bonds. The molecule has 8 nitrogen and oxygen atoms in total. The van der Waals surface area contributed by atoms with E-state index in [0.29, 0.717) is 12.8 Å². The Balaban J connectivity index is 2.27. The number of nitro benzene ring substituents is 1. The molecule has 0 bridgehead atoms. The van der Waals surface area contributed by atoms with E-state index < -0.39 is 43.5 Å². The number of nitro groups is 1. The number of carbonyl (C=O) groups is 1. The van der Waals surface area contributed by atoms with E-state index in [1.54, 1.807) is 6.92 Å². The summed E-state index contributed by atoms with van der Waals surface area (Å²) in [6, 6.07) is 4.52. The number of hydrogen-bond acceptors (Lipinski definition) is 6. The zero-order chi connectivity index (χ0) is 17.7. The largest absolute Gasteiger partial charge is 0.466 e. The van der Waals surface area contributed by atoms with Gasteiger partial charge in [-0.15, -0.1) is 0 Å². The third-order valence-electron chi connectivity index (χ3n) is 4.01. The molecule has 0 aromatic heterocycles. The van der Waals surface area contributed by atoms with Crippen molar-refractivity contribution in [2.45, 2.75) is 43.5 Å². The first-order valence-electron chi connectivity index (χ1n) is 7.79. The van der Waals surface area contributed by atoms with Crippen LogP contribution in [0.3, 0.4) is 0 Å². The molecule has 0 saturated heterocycles. The summed E-state index contributed by atoms with van der Waals surface area (Å²) in [6.07, 6.45) is 2.61. The molecule has 0 unspecified atom stereocenters. The third-order valence-corrected chi connectivity index (χ3v) is 5.55. The lowest BCUT2D eigenvalue weighted by Gasteiger charge is -2.30. The van der Waals surface area contributed by atoms with Crippen LogP contribution in [0.4, 0.5) is 5.69 Å². The molecule has 132 valence electrons. The number of nitrogens with zero attached hydrogens (tertiary/aromatic N) is 1. The predicted octanol–water partition coefficient (Wildman–Crippen LogP) is 2.00. The highest BCUT2D eigenvalue weighted by Crippen LogP contribution is 2.29. The normalized spacial score (nSPS) is 21.2. The maximum atomic E-state index is 12.6. The molecule has 1 aromatic carbocycles. The van der Waals surface area contributed by atoms with Gasteiger partial charge in [0.1, 0.15) is 0 Å². The number of esters is 1. The second-order valence-electron chi connectivity index (χ2n) is 5.60. The zero-order valence-corrected chi connectivity index (χ0v) is 14.1. The van der Waals surface area contributed by atoms with Crippen LogP contribution in [-0.2, 0) is 19.6 Å². The van der Waals surface area contributed by atoms with Gasteiger partial charge in [-0.1, -0.05) is 25.0 Å². The highest BCUT2D eigenvalue weighted by molar-refractivity contribution is 7.89. The van der Waals surface area contributed by atoms with Crippen molar-refractivity contribution in [1.29, 1.82) is 0 Å². The van der Waals surface area contributed by atoms with E-state index in [1.165, 1.54) is 18.2 Å². The first kappa shape index (κ1) is 18.3. The van der Waals surface area contributed by atoms with Crippen molar-refractivity contribution in [2.24, 2.45) is 5.92 Å². The van der Waals surface area contributed by atoms with Crippen LogP contribution in [0.25, 0.3) is 0 Å². The Kier molecular flexibility index (Phi) is 5.89. The lowest BCUT2D eigenvalue weighted by Crippen LogP contribution is -2.45. The van der Waals surface area contributed by atoms with Crippen LogP contribution < -0.4 is 4.72 Å². The number of rotatable bonds is 6. The smallest absolute Gasteiger partial charge is 0.310 e. The lowest BCUT2D eigenvalue weighted by atomic mass is 9.85. The topological polar surface area (TPSA) is 116 Å². The molecule has 9 heteroatoms. The summed E-state index contributed by atoms with van der Waals surface area (Å²) in [5.41, 5.74) is -0.492. The number of benzene rings is 1. The molecule has 2 atom stereocenters. The lowest BCUT2D eigenvalue weighted by molar-refractivity contribution is -0.387. The Morgan fingerprint density at radius 1 is 1.33 bits per heavy atom. The molecule has 1 saturated carbocycles. The Morgan fingerprint density at radius 3 is 2.67 bits per heavy atom. The monoisotopic (exact) mass is 356 g/mol. The van der Waals surface area contributed by atoms with Crippen LogP contribution in [0.2, 0.25) is 0 Å². The Hall–Kier alpha value is -2.00. The van der Waals surface area contributed by atoms with E-state index in [1.807, 2.05) is 0 Å². The summed E-state index contributed by atoms with van der Waals surface area (Å²) in [6.45, 7) is 1.91. The highest BCUT2D eigenvalue weighted by Gasteiger charge is 2.36. The maximum Gasteiger partial charge on any atom is 0.310 e. The molecular formula is C15H20N2O6S. The van der Waals surface area contributed by atoms with Crippen LogP contribution >= 0.6 is 0 Å². The standard InChI is InChI=1S/C15H20N2O6S/c1-2-23-15(18)11-7-3-4-8-12(11)16-24(21,22)14-10-6-5-9-13(14)17(19)20/h5-6,9-12,16H,2-4,7-8H2,1H3/t11-,12+/m0/s1. The summed E-state index contributed by atoms with van der Waals surface area (Å²) in [5, 5.41) is 11.1. The van der Waals surface area contributed by atoms with Crippen molar-refractivity contribution >= 4 is 21.7 Å². The van der Waals surface area contributed by atoms with Crippen LogP contribution in [0, 0.1) is 16.0 Å². The number of hydrogen-bond donors (Lipinski definition) is 1. The van der Waals surface area contributed by atoms with Crippen molar-refractivity contribution < 1.29 is 22.9 Å². The average molecular weight is 356 g/mol. The minimum Gasteiger partial charge on any atom is -0.466 e. The van der Waals surface area contributed by atoms with Gasteiger partial charge in [0, 0.05) is 12.1 Å². The molecule has 1 aliphatic rings. The summed E-state index contributed by atoms with van der Waals surface area (Å²) >= 11 is 0. The van der Waals surface area contributed by atoms with Crippen molar-refractivity contribution in [3.8, 4) is 0 Å². The number of carbonyl (C=O) groups excluding carboxylic acids is 1. The van der Waals surface area contributed by atoms with Gasteiger partial charge in [-0.25, -0.2) is 13.1 Å². The van der Waals surface area contributed by atoms with Crippen molar-refractivity contribution in [3.63, 3.8) is 0 Å². The minimum atomic E-state index is -4.12. The van der Waals surface area contributed by atoms with Crippen LogP contribution in [0.15, 0.2) is 29.2 Å². The van der Waals surface area contributed by atoms with E-state index >= 15 is 0 Å². The second kappa shape index (κ2) is 7.71. The molecule has 1 aromatic rings. The van der Waals surface area contributed by atoms with Gasteiger partial charge in [0.2, 0.25) is 10.0 Å². The van der Waals surface area contributed by atoms with Crippen molar-refractivity contribution in [3.05, 3.63) is 34.4 Å². The molecular weight excluding hydrogens is 336 g/mol. The van der Waals surface area contributed by atoms with Gasteiger partial charge < -0.3 is 4.74 Å². The summed E-state index contributed by atoms with van der Waals surface area (Å²) in [5.74, 6) is -1.01. The molecule has 0 radical (unpaired) electrons. The van der Waals surface area contributed by atoms with Gasteiger partial charge >= 0.3 is 5.97 Å². The van der Waals surface area contributed by atoms with E-state index in [2.05, 4.69) is 4.72 Å². The fourth-order valence-electron chi connectivity index (χ4n) is 2.90. The average Bonchev–Trinajstić information content (AvgIpc) is 2.55. The van der Waals surface area contributed by atoms with Crippen LogP contribution in [0.5, 0.6) is 0 Å². The SMILES string of the molecule is CCOC(=O)[C@H]1CCCC[C@H]1NS(=O)(=O)c1ccccc1[N+](=O)[O-]. The zero-order valence-electron chi connectivity index (χ0n) is 13.3. The van der Waals surface area contributed by atoms with Gasteiger partial charge in [-0.2, -0.15) is 0 Å². The van der Waals surface area contributed by atoms with E-state index in [4.69, 9.17) is 4.74 Å². The number of sulfonamides is 1. The highest BCUT2D eigenvalue weighted by atomic mass is 32.2. The van der Waals surface area contributed by atoms with Crippen molar-refractivity contribution in [1.82, 2.24) is 4.72 Å². The van der Waals surface area contributed by atoms with Crippen LogP contribution in [-0.4, -0.2) is 32.0 Å². The molecule has 24 heavy (non-hydrogen) atoms. The first-order chi connectivity index (χ1) is 11.4. The Labute approximate surface area is 140 Å². The Bertz CT molecular complexity index is 718. The summed E-state index contributed by atoms with van der Waals surface area (Å²) in [4.78, 5) is 22.0. The van der Waals surface area contributed by atoms with Crippen LogP contribution in [0.1, 0.15) is 32.6 Å².